The van der Waals surface area contributed by atoms with Crippen molar-refractivity contribution in [2.75, 3.05) is 5.32 Å². The zero-order valence-electron chi connectivity index (χ0n) is 8.39. The Morgan fingerprint density at radius 3 is 2.56 bits per heavy atom. The van der Waals surface area contributed by atoms with E-state index in [1.807, 2.05) is 6.07 Å². The number of nitrogens with zero attached hydrogens (tertiary/aromatic N) is 2. The predicted octanol–water partition coefficient (Wildman–Crippen LogP) is 1.93. The van der Waals surface area contributed by atoms with Gasteiger partial charge in [0.05, 0.1) is 12.4 Å². The van der Waals surface area contributed by atoms with Gasteiger partial charge < -0.3 is 10.4 Å². The Hall–Kier alpha value is -2.17. The molecule has 1 heterocycles. The fraction of sp³-hybridized carbons (Fsp3) is 0.0909. The van der Waals surface area contributed by atoms with Crippen LogP contribution >= 0.6 is 0 Å². The number of rotatable bonds is 3. The summed E-state index contributed by atoms with van der Waals surface area (Å²) in [4.78, 5) is 7.49. The minimum absolute atomic E-state index is 0.206. The lowest BCUT2D eigenvalue weighted by atomic mass is 10.2. The number of phenolic OH excluding ortho intramolecular Hbond substituents is 1. The van der Waals surface area contributed by atoms with E-state index >= 15 is 0 Å². The molecule has 1 aromatic carbocycles. The molecule has 2 N–H and O–H groups in total. The van der Waals surface area contributed by atoms with Crippen LogP contribution in [0.3, 0.4) is 0 Å². The molecular formula is C11H10FN3O. The van der Waals surface area contributed by atoms with Crippen LogP contribution < -0.4 is 5.32 Å². The van der Waals surface area contributed by atoms with E-state index < -0.39 is 5.82 Å². The first-order valence-electron chi connectivity index (χ1n) is 4.74. The van der Waals surface area contributed by atoms with Crippen LogP contribution in [0.4, 0.5) is 10.3 Å². The predicted molar refractivity (Wildman–Crippen MR) is 57.4 cm³/mol. The Labute approximate surface area is 91.8 Å². The fourth-order valence-electron chi connectivity index (χ4n) is 1.24. The van der Waals surface area contributed by atoms with E-state index in [2.05, 4.69) is 15.3 Å². The van der Waals surface area contributed by atoms with E-state index in [1.165, 1.54) is 0 Å². The summed E-state index contributed by atoms with van der Waals surface area (Å²) in [5.74, 6) is 0.0508. The molecule has 1 aromatic heterocycles. The molecule has 5 heteroatoms. The molecule has 0 saturated heterocycles. The molecule has 0 fully saturated rings. The first kappa shape index (κ1) is 10.4. The van der Waals surface area contributed by atoms with E-state index in [0.29, 0.717) is 12.5 Å². The molecule has 4 nitrogen and oxygen atoms in total. The summed E-state index contributed by atoms with van der Waals surface area (Å²) in [5.41, 5.74) is 0.732. The molecule has 0 amide bonds. The van der Waals surface area contributed by atoms with Crippen molar-refractivity contribution in [1.29, 1.82) is 0 Å². The first-order chi connectivity index (χ1) is 7.75. The number of benzene rings is 1. The van der Waals surface area contributed by atoms with Crippen molar-refractivity contribution in [2.24, 2.45) is 0 Å². The molecule has 0 bridgehead atoms. The van der Waals surface area contributed by atoms with Gasteiger partial charge in [0.25, 0.3) is 0 Å². The average Bonchev–Trinajstić information content (AvgIpc) is 2.30. The second-order valence-corrected chi connectivity index (χ2v) is 3.21. The lowest BCUT2D eigenvalue weighted by molar-refractivity contribution is 0.469. The quantitative estimate of drug-likeness (QED) is 0.828. The van der Waals surface area contributed by atoms with Crippen molar-refractivity contribution in [1.82, 2.24) is 9.97 Å². The number of phenols is 1. The zero-order chi connectivity index (χ0) is 11.4. The van der Waals surface area contributed by atoms with Crippen molar-refractivity contribution in [2.45, 2.75) is 6.54 Å². The van der Waals surface area contributed by atoms with Gasteiger partial charge in [-0.1, -0.05) is 18.2 Å². The largest absolute Gasteiger partial charge is 0.508 e. The number of halogens is 1. The number of aromatic hydroxyl groups is 1. The third-order valence-electron chi connectivity index (χ3n) is 2.05. The molecule has 0 radical (unpaired) electrons. The van der Waals surface area contributed by atoms with Gasteiger partial charge in [-0.15, -0.1) is 0 Å². The molecule has 0 aliphatic heterocycles. The second-order valence-electron chi connectivity index (χ2n) is 3.21. The van der Waals surface area contributed by atoms with Crippen LogP contribution in [0.15, 0.2) is 36.7 Å². The van der Waals surface area contributed by atoms with Crippen LogP contribution in [-0.2, 0) is 6.54 Å². The Kier molecular flexibility index (Phi) is 2.95. The lowest BCUT2D eigenvalue weighted by Gasteiger charge is -2.05. The van der Waals surface area contributed by atoms with E-state index in [9.17, 15) is 9.50 Å². The molecule has 0 aliphatic rings. The van der Waals surface area contributed by atoms with E-state index in [4.69, 9.17) is 0 Å². The van der Waals surface area contributed by atoms with Crippen molar-refractivity contribution in [3.05, 3.63) is 48.0 Å². The molecular weight excluding hydrogens is 209 g/mol. The van der Waals surface area contributed by atoms with Crippen LogP contribution in [-0.4, -0.2) is 15.1 Å². The highest BCUT2D eigenvalue weighted by Crippen LogP contribution is 2.16. The average molecular weight is 219 g/mol. The van der Waals surface area contributed by atoms with Crippen LogP contribution in [0, 0.1) is 5.82 Å². The molecule has 0 atom stereocenters. The third kappa shape index (κ3) is 2.44. The number of nitrogens with one attached hydrogen (secondary N) is 1. The molecule has 0 aliphatic carbocycles. The molecule has 82 valence electrons. The van der Waals surface area contributed by atoms with Gasteiger partial charge in [0.1, 0.15) is 5.75 Å². The highest BCUT2D eigenvalue weighted by atomic mass is 19.1. The molecule has 2 rings (SSSR count). The van der Waals surface area contributed by atoms with Crippen LogP contribution in [0.2, 0.25) is 0 Å². The Balaban J connectivity index is 2.02. The summed E-state index contributed by atoms with van der Waals surface area (Å²) in [6.45, 7) is 0.387. The van der Waals surface area contributed by atoms with Crippen molar-refractivity contribution in [3.63, 3.8) is 0 Å². The van der Waals surface area contributed by atoms with Crippen LogP contribution in [0.5, 0.6) is 5.75 Å². The minimum atomic E-state index is -0.479. The van der Waals surface area contributed by atoms with E-state index in [1.54, 1.807) is 18.2 Å². The molecule has 0 unspecified atom stereocenters. The maximum atomic E-state index is 12.5. The first-order valence-corrected chi connectivity index (χ1v) is 4.74. The van der Waals surface area contributed by atoms with Crippen molar-refractivity contribution in [3.8, 4) is 5.75 Å². The van der Waals surface area contributed by atoms with Gasteiger partial charge in [0.15, 0.2) is 5.82 Å². The Bertz CT molecular complexity index is 473. The molecule has 16 heavy (non-hydrogen) atoms. The standard InChI is InChI=1S/C11H10FN3O/c12-9-6-14-11(15-7-9)13-5-8-3-1-2-4-10(8)16/h1-4,6-7,16H,5H2,(H,13,14,15). The Morgan fingerprint density at radius 1 is 1.19 bits per heavy atom. The summed E-state index contributed by atoms with van der Waals surface area (Å²) in [6, 6.07) is 6.95. The number of aromatic nitrogens is 2. The SMILES string of the molecule is Oc1ccccc1CNc1ncc(F)cn1. The fourth-order valence-corrected chi connectivity index (χ4v) is 1.24. The summed E-state index contributed by atoms with van der Waals surface area (Å²) < 4.78 is 12.5. The molecule has 2 aromatic rings. The van der Waals surface area contributed by atoms with Gasteiger partial charge in [-0.05, 0) is 6.07 Å². The second kappa shape index (κ2) is 4.57. The molecule has 0 saturated carbocycles. The number of para-hydroxylation sites is 1. The summed E-state index contributed by atoms with van der Waals surface area (Å²) in [7, 11) is 0. The number of anilines is 1. The summed E-state index contributed by atoms with van der Waals surface area (Å²) >= 11 is 0. The van der Waals surface area contributed by atoms with Crippen LogP contribution in [0.1, 0.15) is 5.56 Å². The smallest absolute Gasteiger partial charge is 0.223 e. The van der Waals surface area contributed by atoms with Gasteiger partial charge in [0, 0.05) is 12.1 Å². The number of hydrogen-bond acceptors (Lipinski definition) is 4. The van der Waals surface area contributed by atoms with E-state index in [0.717, 1.165) is 18.0 Å². The van der Waals surface area contributed by atoms with Crippen molar-refractivity contribution >= 4 is 5.95 Å². The Morgan fingerprint density at radius 2 is 1.88 bits per heavy atom. The summed E-state index contributed by atoms with van der Waals surface area (Å²) in [6.07, 6.45) is 2.17. The molecule has 0 spiro atoms. The maximum Gasteiger partial charge on any atom is 0.223 e. The van der Waals surface area contributed by atoms with Gasteiger partial charge in [-0.25, -0.2) is 14.4 Å². The summed E-state index contributed by atoms with van der Waals surface area (Å²) in [5, 5.41) is 12.4. The lowest BCUT2D eigenvalue weighted by Crippen LogP contribution is -2.03. The monoisotopic (exact) mass is 219 g/mol. The van der Waals surface area contributed by atoms with Gasteiger partial charge in [-0.2, -0.15) is 0 Å². The zero-order valence-corrected chi connectivity index (χ0v) is 8.39. The normalized spacial score (nSPS) is 10.1. The highest BCUT2D eigenvalue weighted by Gasteiger charge is 2.00. The van der Waals surface area contributed by atoms with Crippen LogP contribution in [0.25, 0.3) is 0 Å². The van der Waals surface area contributed by atoms with Gasteiger partial charge in [0.2, 0.25) is 5.95 Å². The topological polar surface area (TPSA) is 58.0 Å². The van der Waals surface area contributed by atoms with Crippen molar-refractivity contribution < 1.29 is 9.50 Å². The minimum Gasteiger partial charge on any atom is -0.508 e. The maximum absolute atomic E-state index is 12.5. The number of hydrogen-bond donors (Lipinski definition) is 2. The highest BCUT2D eigenvalue weighted by molar-refractivity contribution is 5.35. The van der Waals surface area contributed by atoms with E-state index in [-0.39, 0.29) is 5.75 Å². The third-order valence-corrected chi connectivity index (χ3v) is 2.05. The van der Waals surface area contributed by atoms with Gasteiger partial charge in [-0.3, -0.25) is 0 Å². The van der Waals surface area contributed by atoms with Gasteiger partial charge >= 0.3 is 0 Å².